The third-order valence-corrected chi connectivity index (χ3v) is 5.17. The van der Waals surface area contributed by atoms with Crippen LogP contribution in [0.1, 0.15) is 5.69 Å². The van der Waals surface area contributed by atoms with Gasteiger partial charge in [-0.25, -0.2) is 14.8 Å². The van der Waals surface area contributed by atoms with Crippen LogP contribution in [0.5, 0.6) is 5.75 Å². The topological polar surface area (TPSA) is 110 Å². The molecule has 160 valence electrons. The molecule has 0 saturated heterocycles. The van der Waals surface area contributed by atoms with E-state index in [1.807, 2.05) is 30.3 Å². The van der Waals surface area contributed by atoms with E-state index in [1.54, 1.807) is 54.6 Å². The largest absolute Gasteiger partial charge is 0.497 e. The molecule has 4 heterocycles. The van der Waals surface area contributed by atoms with Gasteiger partial charge in [0.1, 0.15) is 11.6 Å². The van der Waals surface area contributed by atoms with Crippen LogP contribution in [-0.2, 0) is 13.6 Å². The number of benzene rings is 1. The summed E-state index contributed by atoms with van der Waals surface area (Å²) in [6, 6.07) is 11.1. The van der Waals surface area contributed by atoms with Crippen molar-refractivity contribution in [1.29, 1.82) is 0 Å². The van der Waals surface area contributed by atoms with Gasteiger partial charge in [0.25, 0.3) is 0 Å². The molecule has 0 aliphatic carbocycles. The maximum Gasteiger partial charge on any atom is 0.327 e. The van der Waals surface area contributed by atoms with Crippen LogP contribution >= 0.6 is 0 Å². The van der Waals surface area contributed by atoms with Gasteiger partial charge in [0.15, 0.2) is 0 Å². The van der Waals surface area contributed by atoms with Gasteiger partial charge < -0.3 is 15.4 Å². The highest BCUT2D eigenvalue weighted by molar-refractivity contribution is 6.03. The number of pyridine rings is 1. The zero-order chi connectivity index (χ0) is 22.1. The molecule has 2 amide bonds. The number of ether oxygens (including phenoxy) is 1. The van der Waals surface area contributed by atoms with Crippen LogP contribution in [-0.4, -0.2) is 37.9 Å². The molecule has 3 aromatic heterocycles. The first kappa shape index (κ1) is 19.5. The van der Waals surface area contributed by atoms with E-state index in [4.69, 9.17) is 4.74 Å². The van der Waals surface area contributed by atoms with Crippen molar-refractivity contribution >= 4 is 29.2 Å². The summed E-state index contributed by atoms with van der Waals surface area (Å²) in [4.78, 5) is 27.5. The SMILES string of the molecule is COc1ccc(-c2cnc(Nc3cnc4c(c3)NC(=O)N(c3ccnn3C)C4)nc2)cc1. The van der Waals surface area contributed by atoms with E-state index in [-0.39, 0.29) is 6.03 Å². The van der Waals surface area contributed by atoms with Crippen LogP contribution in [0.4, 0.5) is 27.9 Å². The molecule has 0 atom stereocenters. The van der Waals surface area contributed by atoms with Crippen molar-refractivity contribution in [3.05, 3.63) is 66.9 Å². The number of hydrogen-bond acceptors (Lipinski definition) is 7. The van der Waals surface area contributed by atoms with Gasteiger partial charge >= 0.3 is 6.03 Å². The second kappa shape index (κ2) is 7.99. The maximum absolute atomic E-state index is 12.6. The van der Waals surface area contributed by atoms with E-state index < -0.39 is 0 Å². The molecule has 4 aromatic rings. The van der Waals surface area contributed by atoms with Gasteiger partial charge in [-0.05, 0) is 23.8 Å². The molecule has 5 rings (SSSR count). The number of urea groups is 1. The van der Waals surface area contributed by atoms with Gasteiger partial charge in [-0.3, -0.25) is 14.6 Å². The number of carbonyl (C=O) groups excluding carboxylic acids is 1. The third kappa shape index (κ3) is 3.69. The number of fused-ring (bicyclic) bond motifs is 1. The van der Waals surface area contributed by atoms with E-state index in [0.717, 1.165) is 22.6 Å². The van der Waals surface area contributed by atoms with Crippen molar-refractivity contribution in [2.75, 3.05) is 22.6 Å². The number of carbonyl (C=O) groups is 1. The summed E-state index contributed by atoms with van der Waals surface area (Å²) >= 11 is 0. The summed E-state index contributed by atoms with van der Waals surface area (Å²) < 4.78 is 6.83. The molecule has 32 heavy (non-hydrogen) atoms. The number of nitrogens with one attached hydrogen (secondary N) is 2. The minimum Gasteiger partial charge on any atom is -0.497 e. The van der Waals surface area contributed by atoms with Crippen molar-refractivity contribution < 1.29 is 9.53 Å². The van der Waals surface area contributed by atoms with Crippen molar-refractivity contribution in [3.63, 3.8) is 0 Å². The molecule has 0 unspecified atom stereocenters. The van der Waals surface area contributed by atoms with E-state index >= 15 is 0 Å². The Labute approximate surface area is 183 Å². The fraction of sp³-hybridized carbons (Fsp3) is 0.136. The first-order valence-electron chi connectivity index (χ1n) is 9.89. The predicted molar refractivity (Wildman–Crippen MR) is 120 cm³/mol. The number of anilines is 4. The van der Waals surface area contributed by atoms with Gasteiger partial charge in [0.2, 0.25) is 5.95 Å². The number of nitrogens with zero attached hydrogens (tertiary/aromatic N) is 6. The molecular formula is C22H20N8O2. The number of aromatic nitrogens is 5. The van der Waals surface area contributed by atoms with Crippen LogP contribution in [0.25, 0.3) is 11.1 Å². The molecule has 2 N–H and O–H groups in total. The Balaban J connectivity index is 1.31. The summed E-state index contributed by atoms with van der Waals surface area (Å²) in [5, 5.41) is 10.1. The number of aryl methyl sites for hydroxylation is 1. The lowest BCUT2D eigenvalue weighted by molar-refractivity contribution is 0.255. The molecule has 1 aliphatic heterocycles. The Morgan fingerprint density at radius 2 is 1.81 bits per heavy atom. The Morgan fingerprint density at radius 1 is 1.03 bits per heavy atom. The van der Waals surface area contributed by atoms with E-state index in [0.29, 0.717) is 29.7 Å². The van der Waals surface area contributed by atoms with Gasteiger partial charge in [0.05, 0.1) is 43.1 Å². The first-order valence-corrected chi connectivity index (χ1v) is 9.89. The minimum absolute atomic E-state index is 0.236. The van der Waals surface area contributed by atoms with Crippen molar-refractivity contribution in [2.24, 2.45) is 7.05 Å². The third-order valence-electron chi connectivity index (χ3n) is 5.17. The number of methoxy groups -OCH3 is 1. The molecule has 1 aliphatic rings. The van der Waals surface area contributed by atoms with Crippen molar-refractivity contribution in [3.8, 4) is 16.9 Å². The van der Waals surface area contributed by atoms with Gasteiger partial charge in [-0.1, -0.05) is 12.1 Å². The fourth-order valence-corrected chi connectivity index (χ4v) is 3.47. The second-order valence-corrected chi connectivity index (χ2v) is 7.20. The van der Waals surface area contributed by atoms with Crippen molar-refractivity contribution in [2.45, 2.75) is 6.54 Å². The van der Waals surface area contributed by atoms with Crippen molar-refractivity contribution in [1.82, 2.24) is 24.7 Å². The lowest BCUT2D eigenvalue weighted by atomic mass is 10.1. The number of amides is 2. The van der Waals surface area contributed by atoms with E-state index in [2.05, 4.69) is 30.7 Å². The summed E-state index contributed by atoms with van der Waals surface area (Å²) in [6.45, 7) is 0.355. The smallest absolute Gasteiger partial charge is 0.327 e. The van der Waals surface area contributed by atoms with Crippen LogP contribution in [0.15, 0.2) is 61.2 Å². The van der Waals surface area contributed by atoms with E-state index in [9.17, 15) is 4.79 Å². The summed E-state index contributed by atoms with van der Waals surface area (Å²) in [6.07, 6.45) is 6.84. The highest BCUT2D eigenvalue weighted by atomic mass is 16.5. The molecule has 1 aromatic carbocycles. The zero-order valence-electron chi connectivity index (χ0n) is 17.5. The Kier molecular flexibility index (Phi) is 4.86. The van der Waals surface area contributed by atoms with Gasteiger partial charge in [0, 0.05) is 31.1 Å². The molecule has 0 spiro atoms. The average Bonchev–Trinajstić information content (AvgIpc) is 3.25. The second-order valence-electron chi connectivity index (χ2n) is 7.20. The molecular weight excluding hydrogens is 408 g/mol. The van der Waals surface area contributed by atoms with Gasteiger partial charge in [-0.2, -0.15) is 5.10 Å². The van der Waals surface area contributed by atoms with E-state index in [1.165, 1.54) is 0 Å². The average molecular weight is 428 g/mol. The predicted octanol–water partition coefficient (Wildman–Crippen LogP) is 3.58. The lowest BCUT2D eigenvalue weighted by Gasteiger charge is -2.28. The fourth-order valence-electron chi connectivity index (χ4n) is 3.47. The Morgan fingerprint density at radius 3 is 2.50 bits per heavy atom. The monoisotopic (exact) mass is 428 g/mol. The lowest BCUT2D eigenvalue weighted by Crippen LogP contribution is -2.40. The maximum atomic E-state index is 12.6. The Hall–Kier alpha value is -4.47. The van der Waals surface area contributed by atoms with Gasteiger partial charge in [-0.15, -0.1) is 0 Å². The normalized spacial score (nSPS) is 12.8. The molecule has 0 fully saturated rings. The molecule has 10 heteroatoms. The minimum atomic E-state index is -0.236. The highest BCUT2D eigenvalue weighted by Crippen LogP contribution is 2.28. The molecule has 0 bridgehead atoms. The molecule has 10 nitrogen and oxygen atoms in total. The zero-order valence-corrected chi connectivity index (χ0v) is 17.5. The first-order chi connectivity index (χ1) is 15.6. The quantitative estimate of drug-likeness (QED) is 0.500. The summed E-state index contributed by atoms with van der Waals surface area (Å²) in [5.74, 6) is 1.92. The molecule has 0 saturated carbocycles. The standard InChI is InChI=1S/C22H20N8O2/c1-29-20(7-8-26-29)30-13-19-18(28-22(30)31)9-16(12-23-19)27-21-24-10-15(11-25-21)14-3-5-17(32-2)6-4-14/h3-12H,13H2,1-2H3,(H,28,31)(H,24,25,27). The summed E-state index contributed by atoms with van der Waals surface area (Å²) in [7, 11) is 3.43. The van der Waals surface area contributed by atoms with Crippen LogP contribution in [0, 0.1) is 0 Å². The Bertz CT molecular complexity index is 1270. The molecule has 0 radical (unpaired) electrons. The van der Waals surface area contributed by atoms with Crippen LogP contribution < -0.4 is 20.3 Å². The highest BCUT2D eigenvalue weighted by Gasteiger charge is 2.26. The summed E-state index contributed by atoms with van der Waals surface area (Å²) in [5.41, 5.74) is 3.97. The number of hydrogen-bond donors (Lipinski definition) is 2. The van der Waals surface area contributed by atoms with Crippen LogP contribution in [0.2, 0.25) is 0 Å². The number of rotatable bonds is 5. The van der Waals surface area contributed by atoms with Crippen LogP contribution in [0.3, 0.4) is 0 Å².